The van der Waals surface area contributed by atoms with E-state index in [4.69, 9.17) is 9.97 Å². The Balaban J connectivity index is 1.39. The third kappa shape index (κ3) is 4.22. The van der Waals surface area contributed by atoms with Gasteiger partial charge in [0.2, 0.25) is 0 Å². The second-order valence-electron chi connectivity index (χ2n) is 9.20. The lowest BCUT2D eigenvalue weighted by Crippen LogP contribution is -1.96. The van der Waals surface area contributed by atoms with Crippen LogP contribution in [0.3, 0.4) is 0 Å². The second kappa shape index (κ2) is 9.64. The molecule has 0 aliphatic carbocycles. The summed E-state index contributed by atoms with van der Waals surface area (Å²) < 4.78 is 3.67. The van der Waals surface area contributed by atoms with Crippen molar-refractivity contribution in [2.45, 2.75) is 0 Å². The van der Waals surface area contributed by atoms with Gasteiger partial charge in [0.05, 0.1) is 11.4 Å². The number of aromatic nitrogens is 2. The van der Waals surface area contributed by atoms with E-state index >= 15 is 0 Å². The Morgan fingerprint density at radius 1 is 0.500 bits per heavy atom. The molecule has 2 nitrogen and oxygen atoms in total. The SMILES string of the molecule is Brc1ccc(-c2cc(-c3cccc(-c4cccc5c4sc4ccccc45)c3)nc(-c3ccccc3)n2)cc1. The maximum atomic E-state index is 5.03. The van der Waals surface area contributed by atoms with Crippen molar-refractivity contribution in [2.75, 3.05) is 0 Å². The fraction of sp³-hybridized carbons (Fsp3) is 0. The van der Waals surface area contributed by atoms with Crippen LogP contribution in [0.25, 0.3) is 65.2 Å². The Morgan fingerprint density at radius 2 is 1.16 bits per heavy atom. The zero-order chi connectivity index (χ0) is 25.5. The summed E-state index contributed by atoms with van der Waals surface area (Å²) in [6, 6.07) is 44.5. The minimum absolute atomic E-state index is 0.720. The van der Waals surface area contributed by atoms with Gasteiger partial charge < -0.3 is 0 Å². The number of hydrogen-bond acceptors (Lipinski definition) is 3. The predicted molar refractivity (Wildman–Crippen MR) is 164 cm³/mol. The van der Waals surface area contributed by atoms with Gasteiger partial charge in [0.25, 0.3) is 0 Å². The lowest BCUT2D eigenvalue weighted by Gasteiger charge is -2.11. The molecule has 0 spiro atoms. The molecule has 0 aliphatic heterocycles. The minimum Gasteiger partial charge on any atom is -0.228 e. The Morgan fingerprint density at radius 3 is 2.00 bits per heavy atom. The number of rotatable bonds is 4. The molecular formula is C34H21BrN2S. The molecule has 0 amide bonds. The first-order valence-corrected chi connectivity index (χ1v) is 14.1. The normalized spacial score (nSPS) is 11.3. The molecular weight excluding hydrogens is 548 g/mol. The van der Waals surface area contributed by atoms with Crippen LogP contribution in [0.5, 0.6) is 0 Å². The van der Waals surface area contributed by atoms with Crippen molar-refractivity contribution >= 4 is 47.4 Å². The molecule has 0 radical (unpaired) electrons. The monoisotopic (exact) mass is 568 g/mol. The van der Waals surface area contributed by atoms with Crippen LogP contribution in [0, 0.1) is 0 Å². The van der Waals surface area contributed by atoms with E-state index < -0.39 is 0 Å². The third-order valence-corrected chi connectivity index (χ3v) is 8.52. The molecule has 0 atom stereocenters. The lowest BCUT2D eigenvalue weighted by atomic mass is 9.99. The molecule has 38 heavy (non-hydrogen) atoms. The highest BCUT2D eigenvalue weighted by molar-refractivity contribution is 9.10. The van der Waals surface area contributed by atoms with Crippen LogP contribution in [0.2, 0.25) is 0 Å². The second-order valence-corrected chi connectivity index (χ2v) is 11.2. The molecule has 0 bridgehead atoms. The van der Waals surface area contributed by atoms with Crippen LogP contribution in [0.15, 0.2) is 132 Å². The molecule has 0 fully saturated rings. The number of hydrogen-bond donors (Lipinski definition) is 0. The Kier molecular flexibility index (Phi) is 5.84. The van der Waals surface area contributed by atoms with Gasteiger partial charge in [0.15, 0.2) is 5.82 Å². The van der Waals surface area contributed by atoms with E-state index in [9.17, 15) is 0 Å². The van der Waals surface area contributed by atoms with Gasteiger partial charge in [-0.25, -0.2) is 9.97 Å². The van der Waals surface area contributed by atoms with Crippen LogP contribution < -0.4 is 0 Å². The molecule has 180 valence electrons. The topological polar surface area (TPSA) is 25.8 Å². The fourth-order valence-corrected chi connectivity index (χ4v) is 6.40. The molecule has 0 saturated heterocycles. The number of halogens is 1. The Bertz CT molecular complexity index is 1920. The largest absolute Gasteiger partial charge is 0.228 e. The van der Waals surface area contributed by atoms with E-state index in [1.165, 1.54) is 31.3 Å². The molecule has 7 aromatic rings. The van der Waals surface area contributed by atoms with Crippen molar-refractivity contribution in [3.8, 4) is 45.0 Å². The van der Waals surface area contributed by atoms with E-state index in [1.807, 2.05) is 41.7 Å². The van der Waals surface area contributed by atoms with Crippen LogP contribution in [0.1, 0.15) is 0 Å². The fourth-order valence-electron chi connectivity index (χ4n) is 4.90. The average Bonchev–Trinajstić information content (AvgIpc) is 3.37. The van der Waals surface area contributed by atoms with Crippen molar-refractivity contribution in [1.29, 1.82) is 0 Å². The molecule has 0 N–H and O–H groups in total. The van der Waals surface area contributed by atoms with Crippen molar-refractivity contribution in [3.63, 3.8) is 0 Å². The minimum atomic E-state index is 0.720. The summed E-state index contributed by atoms with van der Waals surface area (Å²) in [6.07, 6.45) is 0. The van der Waals surface area contributed by atoms with Gasteiger partial charge in [0.1, 0.15) is 0 Å². The van der Waals surface area contributed by atoms with E-state index in [2.05, 4.69) is 113 Å². The van der Waals surface area contributed by atoms with Crippen molar-refractivity contribution < 1.29 is 0 Å². The first-order valence-electron chi connectivity index (χ1n) is 12.4. The highest BCUT2D eigenvalue weighted by Gasteiger charge is 2.13. The smallest absolute Gasteiger partial charge is 0.160 e. The summed E-state index contributed by atoms with van der Waals surface area (Å²) in [6.45, 7) is 0. The summed E-state index contributed by atoms with van der Waals surface area (Å²) in [7, 11) is 0. The van der Waals surface area contributed by atoms with Crippen LogP contribution in [0.4, 0.5) is 0 Å². The van der Waals surface area contributed by atoms with Crippen molar-refractivity contribution in [2.24, 2.45) is 0 Å². The molecule has 2 aromatic heterocycles. The maximum absolute atomic E-state index is 5.03. The van der Waals surface area contributed by atoms with Gasteiger partial charge in [-0.3, -0.25) is 0 Å². The molecule has 0 unspecified atom stereocenters. The zero-order valence-corrected chi connectivity index (χ0v) is 22.7. The van der Waals surface area contributed by atoms with Crippen LogP contribution in [-0.2, 0) is 0 Å². The zero-order valence-electron chi connectivity index (χ0n) is 20.3. The van der Waals surface area contributed by atoms with Gasteiger partial charge >= 0.3 is 0 Å². The highest BCUT2D eigenvalue weighted by Crippen LogP contribution is 2.40. The number of thiophene rings is 1. The first-order chi connectivity index (χ1) is 18.7. The van der Waals surface area contributed by atoms with Gasteiger partial charge in [-0.2, -0.15) is 0 Å². The van der Waals surface area contributed by atoms with Gasteiger partial charge in [-0.15, -0.1) is 11.3 Å². The van der Waals surface area contributed by atoms with Gasteiger partial charge in [-0.1, -0.05) is 113 Å². The van der Waals surface area contributed by atoms with E-state index in [0.717, 1.165) is 38.4 Å². The van der Waals surface area contributed by atoms with Crippen LogP contribution in [-0.4, -0.2) is 9.97 Å². The third-order valence-electron chi connectivity index (χ3n) is 6.77. The summed E-state index contributed by atoms with van der Waals surface area (Å²) in [4.78, 5) is 9.98. The van der Waals surface area contributed by atoms with Gasteiger partial charge in [0, 0.05) is 41.3 Å². The summed E-state index contributed by atoms with van der Waals surface area (Å²) >= 11 is 5.40. The summed E-state index contributed by atoms with van der Waals surface area (Å²) in [5.41, 5.74) is 7.36. The molecule has 7 rings (SSSR count). The summed E-state index contributed by atoms with van der Waals surface area (Å²) in [5.74, 6) is 0.720. The number of nitrogens with zero attached hydrogens (tertiary/aromatic N) is 2. The quantitative estimate of drug-likeness (QED) is 0.211. The van der Waals surface area contributed by atoms with Crippen molar-refractivity contribution in [1.82, 2.24) is 9.97 Å². The predicted octanol–water partition coefficient (Wildman–Crippen LogP) is 10.3. The Labute approximate surface area is 233 Å². The van der Waals surface area contributed by atoms with Gasteiger partial charge in [-0.05, 0) is 41.5 Å². The van der Waals surface area contributed by atoms with Crippen LogP contribution >= 0.6 is 27.3 Å². The molecule has 5 aromatic carbocycles. The maximum Gasteiger partial charge on any atom is 0.160 e. The van der Waals surface area contributed by atoms with E-state index in [1.54, 1.807) is 0 Å². The van der Waals surface area contributed by atoms with E-state index in [-0.39, 0.29) is 0 Å². The lowest BCUT2D eigenvalue weighted by molar-refractivity contribution is 1.18. The van der Waals surface area contributed by atoms with Crippen molar-refractivity contribution in [3.05, 3.63) is 132 Å². The molecule has 0 saturated carbocycles. The first kappa shape index (κ1) is 23.0. The highest BCUT2D eigenvalue weighted by atomic mass is 79.9. The average molecular weight is 570 g/mol. The van der Waals surface area contributed by atoms with E-state index in [0.29, 0.717) is 0 Å². The standard InChI is InChI=1S/C34H21BrN2S/c35-26-18-16-22(17-19-26)30-21-31(37-34(36-30)23-8-2-1-3-9-23)25-11-6-10-24(20-25)27-13-7-14-29-28-12-4-5-15-32(28)38-33(27)29/h1-21H. The molecule has 0 aliphatic rings. The number of fused-ring (bicyclic) bond motifs is 3. The Hall–Kier alpha value is -4.12. The molecule has 4 heteroatoms. The summed E-state index contributed by atoms with van der Waals surface area (Å²) in [5, 5.41) is 2.62. The molecule has 2 heterocycles. The number of benzene rings is 5.